The van der Waals surface area contributed by atoms with E-state index in [1.165, 1.54) is 11.8 Å². The van der Waals surface area contributed by atoms with Crippen LogP contribution in [0.3, 0.4) is 0 Å². The maximum Gasteiger partial charge on any atom is 0.277 e. The van der Waals surface area contributed by atoms with Crippen molar-refractivity contribution in [3.8, 4) is 17.2 Å². The number of amides is 1. The molecule has 0 aliphatic carbocycles. The van der Waals surface area contributed by atoms with Crippen molar-refractivity contribution < 1.29 is 19.0 Å². The number of aryl methyl sites for hydroxylation is 1. The lowest BCUT2D eigenvalue weighted by Gasteiger charge is -2.09. The first-order valence-corrected chi connectivity index (χ1v) is 9.31. The second-order valence-electron chi connectivity index (χ2n) is 5.70. The average Bonchev–Trinajstić information content (AvgIpc) is 2.67. The molecule has 0 radical (unpaired) electrons. The Kier molecular flexibility index (Phi) is 8.13. The summed E-state index contributed by atoms with van der Waals surface area (Å²) in [5, 5.41) is 3.95. The fraction of sp³-hybridized carbons (Fsp3) is 0.300. The number of hydrazone groups is 1. The summed E-state index contributed by atoms with van der Waals surface area (Å²) < 4.78 is 16.8. The Hall–Kier alpha value is -2.54. The number of halogens is 1. The van der Waals surface area contributed by atoms with E-state index in [0.29, 0.717) is 22.8 Å². The van der Waals surface area contributed by atoms with Gasteiger partial charge in [-0.15, -0.1) is 0 Å². The van der Waals surface area contributed by atoms with Gasteiger partial charge in [-0.1, -0.05) is 19.4 Å². The van der Waals surface area contributed by atoms with Crippen LogP contribution in [0.25, 0.3) is 0 Å². The highest BCUT2D eigenvalue weighted by Crippen LogP contribution is 2.26. The van der Waals surface area contributed by atoms with Crippen molar-refractivity contribution in [2.75, 3.05) is 20.8 Å². The molecule has 2 rings (SSSR count). The average molecular weight is 435 g/mol. The Morgan fingerprint density at radius 1 is 1.15 bits per heavy atom. The molecular weight excluding hydrogens is 412 g/mol. The second kappa shape index (κ2) is 10.6. The Morgan fingerprint density at radius 2 is 1.93 bits per heavy atom. The first-order valence-electron chi connectivity index (χ1n) is 8.52. The van der Waals surface area contributed by atoms with E-state index in [4.69, 9.17) is 14.2 Å². The second-order valence-corrected chi connectivity index (χ2v) is 6.56. The number of carbonyl (C=O) groups excluding carboxylic acids is 1. The lowest BCUT2D eigenvalue weighted by molar-refractivity contribution is -0.123. The lowest BCUT2D eigenvalue weighted by atomic mass is 10.1. The van der Waals surface area contributed by atoms with Crippen LogP contribution in [0.2, 0.25) is 0 Å². The minimum Gasteiger partial charge on any atom is -0.497 e. The largest absolute Gasteiger partial charge is 0.497 e. The SMILES string of the molecule is CCCc1ccc(OCC(=O)N/N=C/c2cc(OC)ccc2OC)c(Br)c1. The highest BCUT2D eigenvalue weighted by molar-refractivity contribution is 9.10. The molecular formula is C20H23BrN2O4. The first-order chi connectivity index (χ1) is 13.1. The van der Waals surface area contributed by atoms with Gasteiger partial charge in [0.1, 0.15) is 17.2 Å². The monoisotopic (exact) mass is 434 g/mol. The molecule has 0 spiro atoms. The number of ether oxygens (including phenoxy) is 3. The van der Waals surface area contributed by atoms with Crippen molar-refractivity contribution in [3.05, 3.63) is 52.0 Å². The molecule has 0 atom stereocenters. The number of rotatable bonds is 9. The molecule has 0 bridgehead atoms. The molecule has 1 N–H and O–H groups in total. The molecule has 0 aliphatic heterocycles. The van der Waals surface area contributed by atoms with Crippen LogP contribution in [0, 0.1) is 0 Å². The highest BCUT2D eigenvalue weighted by atomic mass is 79.9. The fourth-order valence-corrected chi connectivity index (χ4v) is 2.94. The minimum absolute atomic E-state index is 0.141. The quantitative estimate of drug-likeness (QED) is 0.479. The Bertz CT molecular complexity index is 809. The maximum absolute atomic E-state index is 11.9. The molecule has 27 heavy (non-hydrogen) atoms. The zero-order chi connectivity index (χ0) is 19.6. The van der Waals surface area contributed by atoms with Gasteiger partial charge in [0.25, 0.3) is 5.91 Å². The van der Waals surface area contributed by atoms with Crippen LogP contribution < -0.4 is 19.6 Å². The molecule has 6 nitrogen and oxygen atoms in total. The number of carbonyl (C=O) groups is 1. The van der Waals surface area contributed by atoms with E-state index < -0.39 is 0 Å². The van der Waals surface area contributed by atoms with Crippen molar-refractivity contribution in [1.82, 2.24) is 5.43 Å². The highest BCUT2D eigenvalue weighted by Gasteiger charge is 2.07. The van der Waals surface area contributed by atoms with E-state index in [1.54, 1.807) is 32.4 Å². The van der Waals surface area contributed by atoms with Gasteiger partial charge in [-0.25, -0.2) is 5.43 Å². The molecule has 2 aromatic rings. The van der Waals surface area contributed by atoms with Gasteiger partial charge < -0.3 is 14.2 Å². The van der Waals surface area contributed by atoms with Gasteiger partial charge in [-0.2, -0.15) is 5.10 Å². The van der Waals surface area contributed by atoms with Crippen LogP contribution in [0.15, 0.2) is 46.0 Å². The van der Waals surface area contributed by atoms with Crippen molar-refractivity contribution in [1.29, 1.82) is 0 Å². The topological polar surface area (TPSA) is 69.2 Å². The van der Waals surface area contributed by atoms with Crippen LogP contribution in [0.4, 0.5) is 0 Å². The first kappa shape index (κ1) is 20.8. The summed E-state index contributed by atoms with van der Waals surface area (Å²) in [6, 6.07) is 11.2. The van der Waals surface area contributed by atoms with E-state index in [9.17, 15) is 4.79 Å². The molecule has 0 aromatic heterocycles. The zero-order valence-electron chi connectivity index (χ0n) is 15.6. The predicted octanol–water partition coefficient (Wildman–Crippen LogP) is 3.95. The number of methoxy groups -OCH3 is 2. The normalized spacial score (nSPS) is 10.7. The summed E-state index contributed by atoms with van der Waals surface area (Å²) in [5.74, 6) is 1.55. The Labute approximate surface area is 167 Å². The molecule has 1 amide bonds. The van der Waals surface area contributed by atoms with Gasteiger partial charge in [-0.05, 0) is 58.2 Å². The summed E-state index contributed by atoms with van der Waals surface area (Å²) in [4.78, 5) is 11.9. The molecule has 2 aromatic carbocycles. The van der Waals surface area contributed by atoms with E-state index in [0.717, 1.165) is 17.3 Å². The predicted molar refractivity (Wildman–Crippen MR) is 109 cm³/mol. The fourth-order valence-electron chi connectivity index (χ4n) is 2.40. The summed E-state index contributed by atoms with van der Waals surface area (Å²) in [6.07, 6.45) is 3.57. The van der Waals surface area contributed by atoms with Gasteiger partial charge in [0.2, 0.25) is 0 Å². The molecule has 0 unspecified atom stereocenters. The van der Waals surface area contributed by atoms with Crippen LogP contribution >= 0.6 is 15.9 Å². The smallest absolute Gasteiger partial charge is 0.277 e. The Balaban J connectivity index is 1.90. The molecule has 0 aliphatic rings. The van der Waals surface area contributed by atoms with E-state index in [-0.39, 0.29) is 12.5 Å². The van der Waals surface area contributed by atoms with Crippen molar-refractivity contribution in [2.45, 2.75) is 19.8 Å². The minimum atomic E-state index is -0.363. The molecule has 0 heterocycles. The zero-order valence-corrected chi connectivity index (χ0v) is 17.2. The Morgan fingerprint density at radius 3 is 2.59 bits per heavy atom. The van der Waals surface area contributed by atoms with E-state index in [1.807, 2.05) is 18.2 Å². The van der Waals surface area contributed by atoms with Crippen molar-refractivity contribution in [2.24, 2.45) is 5.10 Å². The van der Waals surface area contributed by atoms with Crippen LogP contribution in [-0.4, -0.2) is 32.9 Å². The van der Waals surface area contributed by atoms with E-state index >= 15 is 0 Å². The van der Waals surface area contributed by atoms with Gasteiger partial charge in [0.05, 0.1) is 24.9 Å². The third-order valence-corrected chi connectivity index (χ3v) is 4.34. The number of hydrogen-bond acceptors (Lipinski definition) is 5. The van der Waals surface area contributed by atoms with Gasteiger partial charge in [0, 0.05) is 5.56 Å². The third-order valence-electron chi connectivity index (χ3n) is 3.72. The summed E-state index contributed by atoms with van der Waals surface area (Å²) in [5.41, 5.74) is 4.34. The van der Waals surface area contributed by atoms with Crippen molar-refractivity contribution >= 4 is 28.1 Å². The van der Waals surface area contributed by atoms with Crippen LogP contribution in [-0.2, 0) is 11.2 Å². The number of nitrogens with zero attached hydrogens (tertiary/aromatic N) is 1. The lowest BCUT2D eigenvalue weighted by Crippen LogP contribution is -2.24. The molecule has 0 fully saturated rings. The molecule has 0 saturated heterocycles. The summed E-state index contributed by atoms with van der Waals surface area (Å²) >= 11 is 3.47. The number of nitrogens with one attached hydrogen (secondary N) is 1. The maximum atomic E-state index is 11.9. The van der Waals surface area contributed by atoms with Gasteiger partial charge >= 0.3 is 0 Å². The van der Waals surface area contributed by atoms with Crippen LogP contribution in [0.5, 0.6) is 17.2 Å². The van der Waals surface area contributed by atoms with Crippen LogP contribution in [0.1, 0.15) is 24.5 Å². The standard InChI is InChI=1S/C20H23BrN2O4/c1-4-5-14-6-8-19(17(21)10-14)27-13-20(24)23-22-12-15-11-16(25-2)7-9-18(15)26-3/h6-12H,4-5,13H2,1-3H3,(H,23,24)/b22-12+. The molecule has 7 heteroatoms. The number of benzene rings is 2. The van der Waals surface area contributed by atoms with Gasteiger partial charge in [-0.3, -0.25) is 4.79 Å². The van der Waals surface area contributed by atoms with E-state index in [2.05, 4.69) is 33.4 Å². The third kappa shape index (κ3) is 6.29. The van der Waals surface area contributed by atoms with Gasteiger partial charge in [0.15, 0.2) is 6.61 Å². The summed E-state index contributed by atoms with van der Waals surface area (Å²) in [6.45, 7) is 1.99. The summed E-state index contributed by atoms with van der Waals surface area (Å²) in [7, 11) is 3.14. The molecule has 0 saturated carbocycles. The number of hydrogen-bond donors (Lipinski definition) is 1. The van der Waals surface area contributed by atoms with Crippen molar-refractivity contribution in [3.63, 3.8) is 0 Å². The molecule has 144 valence electrons.